The molecule has 1 fully saturated rings. The van der Waals surface area contributed by atoms with Gasteiger partial charge in [0.2, 0.25) is 0 Å². The van der Waals surface area contributed by atoms with Crippen LogP contribution in [0.1, 0.15) is 36.3 Å². The Balaban J connectivity index is 1.70. The van der Waals surface area contributed by atoms with Crippen molar-refractivity contribution in [1.82, 2.24) is 15.0 Å². The summed E-state index contributed by atoms with van der Waals surface area (Å²) in [5.41, 5.74) is 5.78. The van der Waals surface area contributed by atoms with Gasteiger partial charge in [-0.15, -0.1) is 0 Å². The molecule has 0 spiro atoms. The summed E-state index contributed by atoms with van der Waals surface area (Å²) in [6.45, 7) is 3.83. The molecular weight excluding hydrogens is 412 g/mol. The monoisotopic (exact) mass is 434 g/mol. The maximum atomic E-state index is 14.6. The zero-order valence-corrected chi connectivity index (χ0v) is 17.0. The van der Waals surface area contributed by atoms with Crippen LogP contribution in [0.5, 0.6) is 0 Å². The zero-order chi connectivity index (χ0) is 22.3. The zero-order valence-electron chi connectivity index (χ0n) is 17.0. The number of nitrogens with one attached hydrogen (secondary N) is 1. The highest BCUT2D eigenvalue weighted by molar-refractivity contribution is 5.90. The van der Waals surface area contributed by atoms with Crippen molar-refractivity contribution in [1.29, 1.82) is 0 Å². The van der Waals surface area contributed by atoms with Crippen molar-refractivity contribution in [3.8, 4) is 0 Å². The van der Waals surface area contributed by atoms with Gasteiger partial charge in [-0.3, -0.25) is 0 Å². The molecule has 3 heterocycles. The normalized spacial score (nSPS) is 19.9. The number of hydrogen-bond donors (Lipinski definition) is 2. The van der Waals surface area contributed by atoms with E-state index in [-0.39, 0.29) is 12.1 Å². The van der Waals surface area contributed by atoms with Gasteiger partial charge in [-0.1, -0.05) is 18.2 Å². The first-order valence-electron chi connectivity index (χ1n) is 9.86. The summed E-state index contributed by atoms with van der Waals surface area (Å²) in [4.78, 5) is 14.9. The van der Waals surface area contributed by atoms with E-state index in [9.17, 15) is 17.6 Å². The number of anilines is 2. The standard InChI is InChI=1S/C21H22F4N6/c1-10(12-4-3-5-13(19(12)23)20(24)25)28-21-14-6-18(31-8-15(22)16(26)9-31)27-7-17(14)29-11(2)30-21/h3-7,10,15-16,20H,8-9,26H2,1-2H3,(H,28,29,30)/t10-,15+,16-/m1/s1. The fraction of sp³-hybridized carbons (Fsp3) is 0.381. The molecule has 31 heavy (non-hydrogen) atoms. The molecule has 4 rings (SSSR count). The molecule has 6 nitrogen and oxygen atoms in total. The number of halogens is 4. The van der Waals surface area contributed by atoms with Gasteiger partial charge in [-0.2, -0.15) is 0 Å². The SMILES string of the molecule is Cc1nc(N[C@H](C)c2cccc(C(F)F)c2F)c2cc(N3C[C@@H](N)[C@@H](F)C3)ncc2n1. The van der Waals surface area contributed by atoms with Crippen LogP contribution in [0.25, 0.3) is 10.9 Å². The lowest BCUT2D eigenvalue weighted by Crippen LogP contribution is -2.30. The summed E-state index contributed by atoms with van der Waals surface area (Å²) in [7, 11) is 0. The van der Waals surface area contributed by atoms with Gasteiger partial charge in [0.05, 0.1) is 35.9 Å². The predicted molar refractivity (Wildman–Crippen MR) is 111 cm³/mol. The Morgan fingerprint density at radius 2 is 1.94 bits per heavy atom. The van der Waals surface area contributed by atoms with Crippen molar-refractivity contribution in [2.75, 3.05) is 23.3 Å². The summed E-state index contributed by atoms with van der Waals surface area (Å²) in [5, 5.41) is 3.70. The molecule has 1 aliphatic heterocycles. The fourth-order valence-corrected chi connectivity index (χ4v) is 3.75. The third-order valence-electron chi connectivity index (χ3n) is 5.41. The largest absolute Gasteiger partial charge is 0.363 e. The number of alkyl halides is 3. The molecule has 164 valence electrons. The Labute approximate surface area is 176 Å². The van der Waals surface area contributed by atoms with Crippen molar-refractivity contribution >= 4 is 22.5 Å². The third kappa shape index (κ3) is 4.12. The van der Waals surface area contributed by atoms with Crippen LogP contribution in [0.15, 0.2) is 30.5 Å². The van der Waals surface area contributed by atoms with Gasteiger partial charge in [-0.25, -0.2) is 32.5 Å². The molecule has 0 bridgehead atoms. The van der Waals surface area contributed by atoms with E-state index in [1.165, 1.54) is 12.1 Å². The van der Waals surface area contributed by atoms with Crippen LogP contribution in [0.3, 0.4) is 0 Å². The second-order valence-corrected chi connectivity index (χ2v) is 7.68. The molecule has 2 aromatic heterocycles. The Bertz CT molecular complexity index is 1100. The molecule has 3 N–H and O–H groups in total. The third-order valence-corrected chi connectivity index (χ3v) is 5.41. The lowest BCUT2D eigenvalue weighted by atomic mass is 10.0. The fourth-order valence-electron chi connectivity index (χ4n) is 3.75. The minimum Gasteiger partial charge on any atom is -0.363 e. The van der Waals surface area contributed by atoms with E-state index in [1.807, 2.05) is 0 Å². The molecule has 0 saturated carbocycles. The van der Waals surface area contributed by atoms with E-state index in [2.05, 4.69) is 20.3 Å². The molecular formula is C21H22F4N6. The first-order chi connectivity index (χ1) is 14.7. The van der Waals surface area contributed by atoms with Gasteiger partial charge in [0.25, 0.3) is 6.43 Å². The average molecular weight is 434 g/mol. The summed E-state index contributed by atoms with van der Waals surface area (Å²) >= 11 is 0. The second-order valence-electron chi connectivity index (χ2n) is 7.68. The van der Waals surface area contributed by atoms with Gasteiger partial charge in [0, 0.05) is 17.5 Å². The second kappa shape index (κ2) is 8.26. The van der Waals surface area contributed by atoms with Crippen molar-refractivity contribution in [2.24, 2.45) is 5.73 Å². The summed E-state index contributed by atoms with van der Waals surface area (Å²) < 4.78 is 54.6. The Kier molecular flexibility index (Phi) is 5.65. The summed E-state index contributed by atoms with van der Waals surface area (Å²) in [6.07, 6.45) is -2.49. The minimum atomic E-state index is -2.91. The number of hydrogen-bond acceptors (Lipinski definition) is 6. The molecule has 0 amide bonds. The number of benzene rings is 1. The number of pyridine rings is 1. The quantitative estimate of drug-likeness (QED) is 0.590. The van der Waals surface area contributed by atoms with Gasteiger partial charge in [-0.05, 0) is 19.9 Å². The molecule has 10 heteroatoms. The first-order valence-corrected chi connectivity index (χ1v) is 9.86. The van der Waals surface area contributed by atoms with Gasteiger partial charge in [0.1, 0.15) is 29.4 Å². The Morgan fingerprint density at radius 3 is 2.61 bits per heavy atom. The summed E-state index contributed by atoms with van der Waals surface area (Å²) in [5.74, 6) is 0.443. The highest BCUT2D eigenvalue weighted by Gasteiger charge is 2.31. The molecule has 3 aromatic rings. The molecule has 1 saturated heterocycles. The van der Waals surface area contributed by atoms with E-state index in [0.29, 0.717) is 34.9 Å². The molecule has 0 radical (unpaired) electrons. The highest BCUT2D eigenvalue weighted by atomic mass is 19.3. The van der Waals surface area contributed by atoms with Crippen molar-refractivity contribution < 1.29 is 17.6 Å². The van der Waals surface area contributed by atoms with E-state index >= 15 is 0 Å². The van der Waals surface area contributed by atoms with Crippen LogP contribution >= 0.6 is 0 Å². The predicted octanol–water partition coefficient (Wildman–Crippen LogP) is 4.07. The van der Waals surface area contributed by atoms with Crippen LogP contribution in [0.4, 0.5) is 29.2 Å². The number of nitrogens with zero attached hydrogens (tertiary/aromatic N) is 4. The lowest BCUT2D eigenvalue weighted by molar-refractivity contribution is 0.146. The Hall–Kier alpha value is -3.01. The van der Waals surface area contributed by atoms with Crippen molar-refractivity contribution in [3.05, 3.63) is 53.2 Å². The van der Waals surface area contributed by atoms with E-state index < -0.39 is 36.1 Å². The Morgan fingerprint density at radius 1 is 1.19 bits per heavy atom. The average Bonchev–Trinajstić information content (AvgIpc) is 3.06. The lowest BCUT2D eigenvalue weighted by Gasteiger charge is -2.20. The van der Waals surface area contributed by atoms with Crippen molar-refractivity contribution in [3.63, 3.8) is 0 Å². The van der Waals surface area contributed by atoms with Crippen LogP contribution in [-0.4, -0.2) is 40.3 Å². The van der Waals surface area contributed by atoms with Crippen LogP contribution in [0.2, 0.25) is 0 Å². The molecule has 1 aromatic carbocycles. The highest BCUT2D eigenvalue weighted by Crippen LogP contribution is 2.31. The molecule has 1 aliphatic rings. The maximum absolute atomic E-state index is 14.6. The van der Waals surface area contributed by atoms with Crippen LogP contribution in [-0.2, 0) is 0 Å². The van der Waals surface area contributed by atoms with Gasteiger partial charge < -0.3 is 16.0 Å². The van der Waals surface area contributed by atoms with Gasteiger partial charge >= 0.3 is 0 Å². The van der Waals surface area contributed by atoms with Crippen LogP contribution < -0.4 is 16.0 Å². The van der Waals surface area contributed by atoms with Crippen LogP contribution in [0, 0.1) is 12.7 Å². The molecule has 0 aliphatic carbocycles. The molecule has 3 atom stereocenters. The topological polar surface area (TPSA) is 80.0 Å². The minimum absolute atomic E-state index is 0.0993. The van der Waals surface area contributed by atoms with Crippen molar-refractivity contribution in [2.45, 2.75) is 38.5 Å². The smallest absolute Gasteiger partial charge is 0.266 e. The van der Waals surface area contributed by atoms with E-state index in [1.54, 1.807) is 31.0 Å². The number of aromatic nitrogens is 3. The van der Waals surface area contributed by atoms with E-state index in [0.717, 1.165) is 6.07 Å². The number of nitrogens with two attached hydrogens (primary N) is 1. The number of rotatable bonds is 5. The maximum Gasteiger partial charge on any atom is 0.266 e. The summed E-state index contributed by atoms with van der Waals surface area (Å²) in [6, 6.07) is 4.40. The van der Waals surface area contributed by atoms with Gasteiger partial charge in [0.15, 0.2) is 0 Å². The van der Waals surface area contributed by atoms with E-state index in [4.69, 9.17) is 5.73 Å². The number of aryl methyl sites for hydroxylation is 1. The first kappa shape index (κ1) is 21.2. The molecule has 0 unspecified atom stereocenters. The number of fused-ring (bicyclic) bond motifs is 1.